The molecule has 218 valence electrons. The van der Waals surface area contributed by atoms with E-state index >= 15 is 0 Å². The van der Waals surface area contributed by atoms with Crippen molar-refractivity contribution in [1.82, 2.24) is 0 Å². The van der Waals surface area contributed by atoms with Gasteiger partial charge in [-0.2, -0.15) is 0 Å². The first-order chi connectivity index (χ1) is 20.0. The lowest BCUT2D eigenvalue weighted by atomic mass is 10.1. The second-order valence-electron chi connectivity index (χ2n) is 9.86. The quantitative estimate of drug-likeness (QED) is 0.156. The van der Waals surface area contributed by atoms with Gasteiger partial charge in [-0.3, -0.25) is 19.4 Å². The van der Waals surface area contributed by atoms with Crippen LogP contribution in [0.2, 0.25) is 0 Å². The number of para-hydroxylation sites is 2. The third-order valence-electron chi connectivity index (χ3n) is 6.58. The molecule has 0 bridgehead atoms. The fourth-order valence-electron chi connectivity index (χ4n) is 4.22. The summed E-state index contributed by atoms with van der Waals surface area (Å²) in [5, 5.41) is 0. The largest absolute Gasteiger partial charge is 0.287 e. The third-order valence-corrected chi connectivity index (χ3v) is 9.35. The van der Waals surface area contributed by atoms with E-state index in [0.717, 1.165) is 11.1 Å². The van der Waals surface area contributed by atoms with Crippen LogP contribution in [0.1, 0.15) is 36.1 Å². The molecule has 4 aromatic carbocycles. The van der Waals surface area contributed by atoms with Crippen LogP contribution in [0.5, 0.6) is 0 Å². The number of aliphatic imine (C=N–C) groups is 2. The smallest absolute Gasteiger partial charge is 0.261 e. The first-order valence-corrected chi connectivity index (χ1v) is 16.3. The van der Waals surface area contributed by atoms with Gasteiger partial charge in [-0.15, -0.1) is 0 Å². The zero-order chi connectivity index (χ0) is 30.3. The van der Waals surface area contributed by atoms with E-state index in [1.54, 1.807) is 72.8 Å². The average Bonchev–Trinajstić information content (AvgIpc) is 2.96. The molecule has 10 heteroatoms. The standard InChI is InChI=1S/C32H34N4O4S2/c1-23-13-17-27(18-14-23)41(37,38)35-31-11-7-5-9-29(31)25(3)33-21-22-34-26(4)30-10-6-8-12-32(30)36-42(39,40)28-19-15-24(2)16-20-28/h5-20,35-36H,21-22H2,1-4H3. The fraction of sp³-hybridized carbons (Fsp3) is 0.188. The molecule has 4 rings (SSSR count). The van der Waals surface area contributed by atoms with Crippen LogP contribution in [-0.2, 0) is 20.0 Å². The van der Waals surface area contributed by atoms with Crippen molar-refractivity contribution in [3.05, 3.63) is 119 Å². The molecule has 8 nitrogen and oxygen atoms in total. The van der Waals surface area contributed by atoms with E-state index < -0.39 is 20.0 Å². The molecule has 0 aliphatic rings. The van der Waals surface area contributed by atoms with Crippen molar-refractivity contribution in [1.29, 1.82) is 0 Å². The normalized spacial score (nSPS) is 12.7. The van der Waals surface area contributed by atoms with Gasteiger partial charge in [0.05, 0.1) is 34.3 Å². The Kier molecular flexibility index (Phi) is 9.59. The highest BCUT2D eigenvalue weighted by Crippen LogP contribution is 2.23. The minimum atomic E-state index is -3.77. The maximum absolute atomic E-state index is 13.0. The first-order valence-electron chi connectivity index (χ1n) is 13.4. The Morgan fingerprint density at radius 1 is 0.548 bits per heavy atom. The van der Waals surface area contributed by atoms with E-state index in [-0.39, 0.29) is 9.79 Å². The predicted octanol–water partition coefficient (Wildman–Crippen LogP) is 6.22. The molecule has 2 N–H and O–H groups in total. The number of hydrogen-bond acceptors (Lipinski definition) is 6. The Morgan fingerprint density at radius 3 is 1.24 bits per heavy atom. The maximum atomic E-state index is 13.0. The van der Waals surface area contributed by atoms with Crippen LogP contribution >= 0.6 is 0 Å². The number of anilines is 2. The van der Waals surface area contributed by atoms with Gasteiger partial charge in [0, 0.05) is 22.6 Å². The lowest BCUT2D eigenvalue weighted by Crippen LogP contribution is -2.15. The Morgan fingerprint density at radius 2 is 0.881 bits per heavy atom. The van der Waals surface area contributed by atoms with Gasteiger partial charge < -0.3 is 0 Å². The van der Waals surface area contributed by atoms with Gasteiger partial charge in [0.15, 0.2) is 0 Å². The van der Waals surface area contributed by atoms with Crippen molar-refractivity contribution in [2.45, 2.75) is 37.5 Å². The minimum Gasteiger partial charge on any atom is -0.287 e. The monoisotopic (exact) mass is 602 g/mol. The maximum Gasteiger partial charge on any atom is 0.261 e. The average molecular weight is 603 g/mol. The highest BCUT2D eigenvalue weighted by Gasteiger charge is 2.18. The van der Waals surface area contributed by atoms with Gasteiger partial charge in [-0.25, -0.2) is 16.8 Å². The molecule has 0 spiro atoms. The van der Waals surface area contributed by atoms with E-state index in [9.17, 15) is 16.8 Å². The molecule has 0 aliphatic heterocycles. The summed E-state index contributed by atoms with van der Waals surface area (Å²) in [7, 11) is -7.53. The van der Waals surface area contributed by atoms with E-state index in [0.29, 0.717) is 47.0 Å². The van der Waals surface area contributed by atoms with Gasteiger partial charge >= 0.3 is 0 Å². The molecular formula is C32H34N4O4S2. The number of rotatable bonds is 11. The van der Waals surface area contributed by atoms with E-state index in [4.69, 9.17) is 0 Å². The van der Waals surface area contributed by atoms with Crippen molar-refractivity contribution < 1.29 is 16.8 Å². The van der Waals surface area contributed by atoms with Crippen LogP contribution in [-0.4, -0.2) is 41.3 Å². The van der Waals surface area contributed by atoms with Gasteiger partial charge in [-0.1, -0.05) is 71.8 Å². The molecule has 0 aromatic heterocycles. The molecule has 0 radical (unpaired) electrons. The number of hydrogen-bond donors (Lipinski definition) is 2. The molecule has 0 unspecified atom stereocenters. The van der Waals surface area contributed by atoms with Gasteiger partial charge in [0.2, 0.25) is 0 Å². The SMILES string of the molecule is CC(=NCCN=C(C)c1ccccc1NS(=O)(=O)c1ccc(C)cc1)c1ccccc1NS(=O)(=O)c1ccc(C)cc1. The molecule has 0 saturated carbocycles. The third kappa shape index (κ3) is 7.71. The van der Waals surface area contributed by atoms with Crippen LogP contribution in [0.4, 0.5) is 11.4 Å². The molecule has 0 aliphatic carbocycles. The number of benzene rings is 4. The van der Waals surface area contributed by atoms with Crippen molar-refractivity contribution in [2.75, 3.05) is 22.5 Å². The molecular weight excluding hydrogens is 569 g/mol. The lowest BCUT2D eigenvalue weighted by Gasteiger charge is -2.13. The van der Waals surface area contributed by atoms with E-state index in [1.807, 2.05) is 52.0 Å². The van der Waals surface area contributed by atoms with Gasteiger partial charge in [-0.05, 0) is 64.1 Å². The van der Waals surface area contributed by atoms with Gasteiger partial charge in [0.25, 0.3) is 20.0 Å². The zero-order valence-corrected chi connectivity index (χ0v) is 25.6. The first kappa shape index (κ1) is 30.7. The summed E-state index contributed by atoms with van der Waals surface area (Å²) in [6, 6.07) is 27.6. The van der Waals surface area contributed by atoms with E-state index in [1.165, 1.54) is 0 Å². The van der Waals surface area contributed by atoms with E-state index in [2.05, 4.69) is 19.4 Å². The second-order valence-corrected chi connectivity index (χ2v) is 13.2. The molecule has 0 fully saturated rings. The molecule has 42 heavy (non-hydrogen) atoms. The number of aryl methyl sites for hydroxylation is 2. The summed E-state index contributed by atoms with van der Waals surface area (Å²) in [5.41, 5.74) is 5.49. The second kappa shape index (κ2) is 13.1. The Hall–Kier alpha value is -4.28. The Balaban J connectivity index is 1.46. The fourth-order valence-corrected chi connectivity index (χ4v) is 6.38. The number of sulfonamides is 2. The summed E-state index contributed by atoms with van der Waals surface area (Å²) < 4.78 is 57.2. The van der Waals surface area contributed by atoms with Crippen LogP contribution < -0.4 is 9.44 Å². The summed E-state index contributed by atoms with van der Waals surface area (Å²) in [6.45, 7) is 8.17. The van der Waals surface area contributed by atoms with Crippen LogP contribution in [0.25, 0.3) is 0 Å². The topological polar surface area (TPSA) is 117 Å². The summed E-state index contributed by atoms with van der Waals surface area (Å²) in [5.74, 6) is 0. The molecule has 0 amide bonds. The molecule has 0 saturated heterocycles. The highest BCUT2D eigenvalue weighted by atomic mass is 32.2. The molecule has 4 aromatic rings. The van der Waals surface area contributed by atoms with Gasteiger partial charge in [0.1, 0.15) is 0 Å². The predicted molar refractivity (Wildman–Crippen MR) is 171 cm³/mol. The Labute approximate surface area is 248 Å². The summed E-state index contributed by atoms with van der Waals surface area (Å²) in [4.78, 5) is 9.62. The summed E-state index contributed by atoms with van der Waals surface area (Å²) in [6.07, 6.45) is 0. The van der Waals surface area contributed by atoms with Crippen molar-refractivity contribution in [3.63, 3.8) is 0 Å². The molecule has 0 heterocycles. The van der Waals surface area contributed by atoms with Crippen LogP contribution in [0, 0.1) is 13.8 Å². The van der Waals surface area contributed by atoms with Crippen molar-refractivity contribution in [3.8, 4) is 0 Å². The van der Waals surface area contributed by atoms with Crippen LogP contribution in [0.3, 0.4) is 0 Å². The number of nitrogens with one attached hydrogen (secondary N) is 2. The number of nitrogens with zero attached hydrogens (tertiary/aromatic N) is 2. The van der Waals surface area contributed by atoms with Crippen molar-refractivity contribution in [2.24, 2.45) is 9.98 Å². The minimum absolute atomic E-state index is 0.184. The lowest BCUT2D eigenvalue weighted by molar-refractivity contribution is 0.599. The Bertz CT molecular complexity index is 1690. The zero-order valence-electron chi connectivity index (χ0n) is 24.0. The summed E-state index contributed by atoms with van der Waals surface area (Å²) >= 11 is 0. The molecule has 0 atom stereocenters. The highest BCUT2D eigenvalue weighted by molar-refractivity contribution is 7.93. The van der Waals surface area contributed by atoms with Crippen LogP contribution in [0.15, 0.2) is 117 Å². The van der Waals surface area contributed by atoms with Crippen molar-refractivity contribution >= 4 is 42.8 Å².